The molecule has 8 heavy (non-hydrogen) atoms. The van der Waals surface area contributed by atoms with Crippen molar-refractivity contribution in [1.82, 2.24) is 0 Å². The highest BCUT2D eigenvalue weighted by atomic mass is 32.2. The summed E-state index contributed by atoms with van der Waals surface area (Å²) in [5.41, 5.74) is 0.464. The van der Waals surface area contributed by atoms with E-state index in [0.717, 1.165) is 25.5 Å². The summed E-state index contributed by atoms with van der Waals surface area (Å²) >= 11 is 1.14. The third-order valence-electron chi connectivity index (χ3n) is 1.78. The molecule has 0 atom stereocenters. The van der Waals surface area contributed by atoms with Gasteiger partial charge >= 0.3 is 0 Å². The van der Waals surface area contributed by atoms with Crippen LogP contribution in [-0.2, 0) is 8.37 Å². The summed E-state index contributed by atoms with van der Waals surface area (Å²) in [7, 11) is 0. The first-order valence-corrected chi connectivity index (χ1v) is 3.49. The van der Waals surface area contributed by atoms with Crippen molar-refractivity contribution in [2.24, 2.45) is 5.41 Å². The molecule has 0 aromatic heterocycles. The molecule has 0 aromatic rings. The molecule has 0 amide bonds. The van der Waals surface area contributed by atoms with Crippen LogP contribution >= 0.6 is 12.3 Å². The van der Waals surface area contributed by atoms with E-state index < -0.39 is 0 Å². The molecule has 0 unspecified atom stereocenters. The monoisotopic (exact) mass is 132 g/mol. The Bertz CT molecular complexity index is 92.6. The summed E-state index contributed by atoms with van der Waals surface area (Å²) < 4.78 is 10.1. The van der Waals surface area contributed by atoms with E-state index in [-0.39, 0.29) is 0 Å². The molecule has 2 nitrogen and oxygen atoms in total. The highest BCUT2D eigenvalue weighted by Crippen LogP contribution is 2.49. The number of hydrogen-bond acceptors (Lipinski definition) is 3. The molecule has 1 aliphatic carbocycles. The first kappa shape index (κ1) is 5.09. The summed E-state index contributed by atoms with van der Waals surface area (Å²) in [5, 5.41) is 0. The lowest BCUT2D eigenvalue weighted by molar-refractivity contribution is 0.130. The van der Waals surface area contributed by atoms with Gasteiger partial charge in [0.15, 0.2) is 12.3 Å². The van der Waals surface area contributed by atoms with E-state index in [2.05, 4.69) is 0 Å². The highest BCUT2D eigenvalue weighted by Gasteiger charge is 2.45. The van der Waals surface area contributed by atoms with Crippen LogP contribution in [0.25, 0.3) is 0 Å². The van der Waals surface area contributed by atoms with Crippen LogP contribution in [0.2, 0.25) is 0 Å². The van der Waals surface area contributed by atoms with E-state index in [4.69, 9.17) is 8.37 Å². The molecule has 1 saturated carbocycles. The molecule has 2 rings (SSSR count). The zero-order chi connectivity index (χ0) is 5.45. The second kappa shape index (κ2) is 1.62. The second-order valence-corrected chi connectivity index (χ2v) is 3.20. The number of rotatable bonds is 0. The molecule has 1 heterocycles. The lowest BCUT2D eigenvalue weighted by Gasteiger charge is -2.18. The van der Waals surface area contributed by atoms with E-state index in [1.807, 2.05) is 0 Å². The van der Waals surface area contributed by atoms with Gasteiger partial charge in [0.1, 0.15) is 0 Å². The molecule has 1 aliphatic heterocycles. The van der Waals surface area contributed by atoms with Crippen molar-refractivity contribution in [3.8, 4) is 0 Å². The van der Waals surface area contributed by atoms with Gasteiger partial charge in [0.2, 0.25) is 0 Å². The molecule has 0 N–H and O–H groups in total. The second-order valence-electron chi connectivity index (χ2n) is 2.59. The summed E-state index contributed by atoms with van der Waals surface area (Å²) in [4.78, 5) is 0. The van der Waals surface area contributed by atoms with Gasteiger partial charge in [-0.15, -0.1) is 0 Å². The molecule has 0 bridgehead atoms. The Hall–Kier alpha value is 0.270. The Morgan fingerprint density at radius 2 is 1.75 bits per heavy atom. The Morgan fingerprint density at radius 3 is 2.12 bits per heavy atom. The molecule has 3 heteroatoms. The van der Waals surface area contributed by atoms with Crippen molar-refractivity contribution in [2.75, 3.05) is 13.2 Å². The van der Waals surface area contributed by atoms with E-state index >= 15 is 0 Å². The van der Waals surface area contributed by atoms with Crippen molar-refractivity contribution in [2.45, 2.75) is 12.8 Å². The maximum atomic E-state index is 5.04. The average Bonchev–Trinajstić information content (AvgIpc) is 2.52. The van der Waals surface area contributed by atoms with Gasteiger partial charge in [0, 0.05) is 5.41 Å². The van der Waals surface area contributed by atoms with Crippen molar-refractivity contribution >= 4 is 12.3 Å². The normalized spacial score (nSPS) is 33.0. The first-order valence-electron chi connectivity index (χ1n) is 2.82. The Morgan fingerprint density at radius 1 is 1.12 bits per heavy atom. The standard InChI is InChI=1S/C5H8O2S/c1-2-5(1)3-6-8-7-4-5/h1-4H2. The summed E-state index contributed by atoms with van der Waals surface area (Å²) in [6.07, 6.45) is 2.60. The first-order chi connectivity index (χ1) is 3.91. The van der Waals surface area contributed by atoms with E-state index in [1.54, 1.807) is 0 Å². The van der Waals surface area contributed by atoms with Crippen LogP contribution in [0, 0.1) is 5.41 Å². The Balaban J connectivity index is 1.95. The molecule has 1 saturated heterocycles. The van der Waals surface area contributed by atoms with Gasteiger partial charge in [-0.3, -0.25) is 8.37 Å². The molecule has 0 radical (unpaired) electrons. The Labute approximate surface area is 53.0 Å². The predicted molar refractivity (Wildman–Crippen MR) is 31.2 cm³/mol. The quantitative estimate of drug-likeness (QED) is 0.464. The zero-order valence-corrected chi connectivity index (χ0v) is 5.37. The van der Waals surface area contributed by atoms with Crippen LogP contribution in [0.3, 0.4) is 0 Å². The minimum atomic E-state index is 0.464. The smallest absolute Gasteiger partial charge is 0.158 e. The van der Waals surface area contributed by atoms with Crippen LogP contribution in [0.15, 0.2) is 0 Å². The zero-order valence-electron chi connectivity index (χ0n) is 4.55. The lowest BCUT2D eigenvalue weighted by Crippen LogP contribution is -2.18. The fourth-order valence-electron chi connectivity index (χ4n) is 0.839. The summed E-state index contributed by atoms with van der Waals surface area (Å²) in [6.45, 7) is 1.80. The van der Waals surface area contributed by atoms with Gasteiger partial charge in [0.05, 0.1) is 13.2 Å². The van der Waals surface area contributed by atoms with Gasteiger partial charge in [-0.05, 0) is 12.8 Å². The van der Waals surface area contributed by atoms with Crippen molar-refractivity contribution in [1.29, 1.82) is 0 Å². The minimum absolute atomic E-state index is 0.464. The molecule has 1 spiro atoms. The van der Waals surface area contributed by atoms with Crippen molar-refractivity contribution in [3.05, 3.63) is 0 Å². The van der Waals surface area contributed by atoms with Crippen molar-refractivity contribution < 1.29 is 8.37 Å². The van der Waals surface area contributed by atoms with E-state index in [0.29, 0.717) is 5.41 Å². The average molecular weight is 132 g/mol. The van der Waals surface area contributed by atoms with E-state index in [1.165, 1.54) is 12.8 Å². The number of hydrogen-bond donors (Lipinski definition) is 0. The van der Waals surface area contributed by atoms with Gasteiger partial charge in [0.25, 0.3) is 0 Å². The maximum absolute atomic E-state index is 5.04. The van der Waals surface area contributed by atoms with Crippen LogP contribution < -0.4 is 0 Å². The van der Waals surface area contributed by atoms with Crippen LogP contribution in [0.1, 0.15) is 12.8 Å². The van der Waals surface area contributed by atoms with Crippen LogP contribution in [0.5, 0.6) is 0 Å². The van der Waals surface area contributed by atoms with Gasteiger partial charge in [-0.2, -0.15) is 0 Å². The van der Waals surface area contributed by atoms with Crippen molar-refractivity contribution in [3.63, 3.8) is 0 Å². The van der Waals surface area contributed by atoms with E-state index in [9.17, 15) is 0 Å². The third kappa shape index (κ3) is 0.747. The predicted octanol–water partition coefficient (Wildman–Crippen LogP) is 1.38. The third-order valence-corrected chi connectivity index (χ3v) is 2.21. The fraction of sp³-hybridized carbons (Fsp3) is 1.00. The summed E-state index contributed by atoms with van der Waals surface area (Å²) in [6, 6.07) is 0. The Kier molecular flexibility index (Phi) is 1.03. The minimum Gasteiger partial charge on any atom is -0.291 e. The molecular formula is C5H8O2S. The highest BCUT2D eigenvalue weighted by molar-refractivity contribution is 7.89. The van der Waals surface area contributed by atoms with Gasteiger partial charge in [-0.25, -0.2) is 0 Å². The lowest BCUT2D eigenvalue weighted by atomic mass is 10.1. The molecule has 2 aliphatic rings. The van der Waals surface area contributed by atoms with Gasteiger partial charge < -0.3 is 0 Å². The maximum Gasteiger partial charge on any atom is 0.158 e. The molecule has 0 aromatic carbocycles. The molecule has 46 valence electrons. The largest absolute Gasteiger partial charge is 0.291 e. The molecular weight excluding hydrogens is 124 g/mol. The SMILES string of the molecule is C1CC12COSOC2. The topological polar surface area (TPSA) is 18.5 Å². The summed E-state index contributed by atoms with van der Waals surface area (Å²) in [5.74, 6) is 0. The molecule has 2 fully saturated rings. The van der Waals surface area contributed by atoms with Gasteiger partial charge in [-0.1, -0.05) is 0 Å². The van der Waals surface area contributed by atoms with Crippen LogP contribution in [0.4, 0.5) is 0 Å². The fourth-order valence-corrected chi connectivity index (χ4v) is 1.50. The van der Waals surface area contributed by atoms with Crippen LogP contribution in [-0.4, -0.2) is 13.2 Å².